The Morgan fingerprint density at radius 3 is 2.55 bits per heavy atom. The molecule has 0 fully saturated rings. The molecule has 0 N–H and O–H groups in total. The van der Waals surface area contributed by atoms with Crippen molar-refractivity contribution < 1.29 is 0 Å². The third-order valence-corrected chi connectivity index (χ3v) is 2.33. The van der Waals surface area contributed by atoms with E-state index in [1.807, 2.05) is 0 Å². The molecule has 11 heavy (non-hydrogen) atoms. The van der Waals surface area contributed by atoms with Gasteiger partial charge in [0.2, 0.25) is 0 Å². The van der Waals surface area contributed by atoms with Gasteiger partial charge in [0.1, 0.15) is 0 Å². The van der Waals surface area contributed by atoms with Gasteiger partial charge in [-0.05, 0) is 0 Å². The molecule has 0 amide bonds. The van der Waals surface area contributed by atoms with E-state index in [4.69, 9.17) is 0 Å². The van der Waals surface area contributed by atoms with Gasteiger partial charge in [-0.1, -0.05) is 0 Å². The predicted octanol–water partition coefficient (Wildman–Crippen LogP) is 1.99. The molecular weight excluding hydrogens is 127 g/mol. The van der Waals surface area contributed by atoms with Gasteiger partial charge >= 0.3 is 78.0 Å². The number of rotatable bonds is 2. The molecule has 1 atom stereocenters. The maximum atomic E-state index is 2.28. The second-order valence-corrected chi connectivity index (χ2v) is 3.17. The first kappa shape index (κ1) is 8.91. The molecule has 1 rings (SSSR count). The van der Waals surface area contributed by atoms with Gasteiger partial charge in [0, 0.05) is 0 Å². The Morgan fingerprint density at radius 1 is 1.36 bits per heavy atom. The van der Waals surface area contributed by atoms with Gasteiger partial charge in [0.25, 0.3) is 0 Å². The number of hydrogen-bond acceptors (Lipinski definition) is 0. The van der Waals surface area contributed by atoms with Crippen molar-refractivity contribution in [2.75, 3.05) is 0 Å². The summed E-state index contributed by atoms with van der Waals surface area (Å²) in [6, 6.07) is 8.63. The van der Waals surface area contributed by atoms with E-state index >= 15 is 0 Å². The Kier molecular flexibility index (Phi) is 3.24. The van der Waals surface area contributed by atoms with E-state index in [1.54, 1.807) is 0 Å². The molecule has 1 aromatic carbocycles. The zero-order valence-corrected chi connectivity index (χ0v) is 7.59. The van der Waals surface area contributed by atoms with Gasteiger partial charge in [0.15, 0.2) is 0 Å². The summed E-state index contributed by atoms with van der Waals surface area (Å²) >= 11 is 2.18. The summed E-state index contributed by atoms with van der Waals surface area (Å²) in [6.07, 6.45) is 1.23. The van der Waals surface area contributed by atoms with Crippen LogP contribution in [0, 0.1) is 0 Å². The number of hydrogen-bond donors (Lipinski definition) is 0. The van der Waals surface area contributed by atoms with Gasteiger partial charge < -0.3 is 0 Å². The summed E-state index contributed by atoms with van der Waals surface area (Å²) in [5, 5.41) is 0. The van der Waals surface area contributed by atoms with Crippen molar-refractivity contribution in [1.29, 1.82) is 0 Å². The third-order valence-electron chi connectivity index (χ3n) is 2.33. The van der Waals surface area contributed by atoms with Crippen LogP contribution in [0.5, 0.6) is 0 Å². The zero-order chi connectivity index (χ0) is 8.27. The Morgan fingerprint density at radius 2 is 2.00 bits per heavy atom. The first-order valence-corrected chi connectivity index (χ1v) is 4.31. The Hall–Kier alpha value is -0.183. The van der Waals surface area contributed by atoms with Gasteiger partial charge in [-0.25, -0.2) is 0 Å². The fourth-order valence-electron chi connectivity index (χ4n) is 1.36. The molecule has 1 heteroatoms. The Balaban J connectivity index is 2.93. The van der Waals surface area contributed by atoms with Crippen LogP contribution in [-0.2, 0) is 0 Å². The third kappa shape index (κ3) is 2.12. The van der Waals surface area contributed by atoms with Crippen molar-refractivity contribution in [3.8, 4) is 0 Å². The van der Waals surface area contributed by atoms with E-state index in [0.717, 1.165) is 0 Å². The van der Waals surface area contributed by atoms with Crippen LogP contribution in [0.15, 0.2) is 24.3 Å². The van der Waals surface area contributed by atoms with Crippen molar-refractivity contribution in [3.05, 3.63) is 29.8 Å². The molecule has 0 aliphatic rings. The molecule has 0 heterocycles. The molecule has 0 radical (unpaired) electrons. The first-order valence-electron chi connectivity index (χ1n) is 4.31. The number of benzene rings is 1. The van der Waals surface area contributed by atoms with E-state index in [-0.39, 0.29) is 0 Å². The molecule has 0 nitrogen and oxygen atoms in total. The summed E-state index contributed by atoms with van der Waals surface area (Å²) in [7, 11) is 0. The van der Waals surface area contributed by atoms with Gasteiger partial charge in [0.05, 0.1) is 0 Å². The second-order valence-electron chi connectivity index (χ2n) is 3.17. The summed E-state index contributed by atoms with van der Waals surface area (Å²) in [4.78, 5) is 0. The van der Waals surface area contributed by atoms with Crippen LogP contribution in [0.2, 0.25) is 0 Å². The van der Waals surface area contributed by atoms with Crippen molar-refractivity contribution in [2.45, 2.75) is 26.2 Å². The van der Waals surface area contributed by atoms with Crippen molar-refractivity contribution in [1.82, 2.24) is 0 Å². The molecule has 1 unspecified atom stereocenters. The van der Waals surface area contributed by atoms with Crippen LogP contribution in [0.3, 0.4) is 0 Å². The monoisotopic (exact) mass is 140 g/mol. The molecule has 1 aromatic rings. The maximum absolute atomic E-state index is 2.28. The standard InChI is InChI=1S/C10H13.Li/c1-3-9(2)10-7-5-4-6-8-10;/h4-7,9H,3H2,1-2H3;. The molecule has 54 valence electrons. The minimum absolute atomic E-state index is 0.705. The van der Waals surface area contributed by atoms with Gasteiger partial charge in [-0.3, -0.25) is 0 Å². The first-order chi connectivity index (χ1) is 5.25. The van der Waals surface area contributed by atoms with Crippen LogP contribution in [0.4, 0.5) is 0 Å². The molecule has 0 saturated carbocycles. The summed E-state index contributed by atoms with van der Waals surface area (Å²) in [5.41, 5.74) is 1.50. The van der Waals surface area contributed by atoms with E-state index in [9.17, 15) is 0 Å². The van der Waals surface area contributed by atoms with Crippen LogP contribution in [0.1, 0.15) is 31.7 Å². The van der Waals surface area contributed by atoms with Crippen LogP contribution in [0.25, 0.3) is 0 Å². The molecule has 0 bridgehead atoms. The normalized spacial score (nSPS) is 13.1. The average Bonchev–Trinajstić information content (AvgIpc) is 2.04. The van der Waals surface area contributed by atoms with Gasteiger partial charge in [-0.2, -0.15) is 0 Å². The Labute approximate surface area is 78.2 Å². The summed E-state index contributed by atoms with van der Waals surface area (Å²) < 4.78 is 1.42. The van der Waals surface area contributed by atoms with Crippen LogP contribution in [-0.4, -0.2) is 17.7 Å². The van der Waals surface area contributed by atoms with Gasteiger partial charge in [-0.15, -0.1) is 0 Å². The van der Waals surface area contributed by atoms with Crippen molar-refractivity contribution in [2.24, 2.45) is 0 Å². The fraction of sp³-hybridized carbons (Fsp3) is 0.400. The van der Waals surface area contributed by atoms with E-state index in [0.29, 0.717) is 5.92 Å². The molecule has 0 aromatic heterocycles. The molecule has 0 spiro atoms. The minimum atomic E-state index is 0.705. The van der Waals surface area contributed by atoms with E-state index in [2.05, 4.69) is 55.8 Å². The predicted molar refractivity (Wildman–Crippen MR) is 50.5 cm³/mol. The fourth-order valence-corrected chi connectivity index (χ4v) is 1.36. The van der Waals surface area contributed by atoms with Crippen LogP contribution >= 0.6 is 0 Å². The van der Waals surface area contributed by atoms with E-state index < -0.39 is 0 Å². The second kappa shape index (κ2) is 4.00. The van der Waals surface area contributed by atoms with Crippen LogP contribution < -0.4 is 4.24 Å². The van der Waals surface area contributed by atoms with Crippen molar-refractivity contribution in [3.63, 3.8) is 0 Å². The summed E-state index contributed by atoms with van der Waals surface area (Å²) in [6.45, 7) is 4.51. The molecule has 0 aliphatic carbocycles. The molecule has 0 aliphatic heterocycles. The summed E-state index contributed by atoms with van der Waals surface area (Å²) in [5.74, 6) is 0.705. The molecular formula is C10H13Li. The zero-order valence-electron chi connectivity index (χ0n) is 7.59. The average molecular weight is 140 g/mol. The topological polar surface area (TPSA) is 0 Å². The Bertz CT molecular complexity index is 230. The van der Waals surface area contributed by atoms with E-state index in [1.165, 1.54) is 16.2 Å². The van der Waals surface area contributed by atoms with Crippen molar-refractivity contribution >= 4 is 22.0 Å². The SMILES string of the molecule is [Li][c]1ccccc1C(C)CC. The molecule has 0 saturated heterocycles. The quantitative estimate of drug-likeness (QED) is 0.551.